The minimum atomic E-state index is -4.24. The molecular weight excluding hydrogens is 301 g/mol. The fourth-order valence-corrected chi connectivity index (χ4v) is 1.97. The van der Waals surface area contributed by atoms with Gasteiger partial charge >= 0.3 is 6.18 Å². The molecule has 0 aliphatic rings. The number of benzene rings is 2. The normalized spacial score (nSPS) is 11.0. The fourth-order valence-electron chi connectivity index (χ4n) is 1.90. The van der Waals surface area contributed by atoms with Crippen molar-refractivity contribution in [1.29, 1.82) is 0 Å². The molecule has 21 heavy (non-hydrogen) atoms. The maximum atomic E-state index is 12.2. The number of ether oxygens (including phenoxy) is 1. The van der Waals surface area contributed by atoms with E-state index in [0.29, 0.717) is 11.3 Å². The molecular formula is C16H12ClF3O. The molecule has 2 aromatic rings. The second kappa shape index (κ2) is 6.73. The lowest BCUT2D eigenvalue weighted by molar-refractivity contribution is -0.139. The first-order valence-corrected chi connectivity index (χ1v) is 6.81. The number of hydrogen-bond acceptors (Lipinski definition) is 1. The molecule has 0 radical (unpaired) electrons. The Morgan fingerprint density at radius 1 is 1.10 bits per heavy atom. The molecule has 2 aromatic carbocycles. The van der Waals surface area contributed by atoms with Crippen LogP contribution < -0.4 is 4.74 Å². The Bertz CT molecular complexity index is 683. The summed E-state index contributed by atoms with van der Waals surface area (Å²) in [6.45, 7) is -0.433. The van der Waals surface area contributed by atoms with E-state index >= 15 is 0 Å². The van der Waals surface area contributed by atoms with Crippen molar-refractivity contribution in [3.63, 3.8) is 0 Å². The monoisotopic (exact) mass is 312 g/mol. The van der Waals surface area contributed by atoms with Gasteiger partial charge in [0.25, 0.3) is 0 Å². The van der Waals surface area contributed by atoms with Crippen LogP contribution in [0.25, 0.3) is 10.8 Å². The van der Waals surface area contributed by atoms with Gasteiger partial charge in [0.1, 0.15) is 5.75 Å². The third-order valence-electron chi connectivity index (χ3n) is 2.81. The quantitative estimate of drug-likeness (QED) is 0.586. The number of rotatable bonds is 3. The summed E-state index contributed by atoms with van der Waals surface area (Å²) >= 11 is 5.56. The third kappa shape index (κ3) is 4.30. The van der Waals surface area contributed by atoms with Crippen LogP contribution in [0.5, 0.6) is 5.75 Å². The zero-order valence-corrected chi connectivity index (χ0v) is 11.8. The predicted molar refractivity (Wildman–Crippen MR) is 77.7 cm³/mol. The first-order chi connectivity index (χ1) is 10.0. The van der Waals surface area contributed by atoms with E-state index in [2.05, 4.69) is 11.8 Å². The van der Waals surface area contributed by atoms with E-state index in [4.69, 9.17) is 16.3 Å². The summed E-state index contributed by atoms with van der Waals surface area (Å²) in [6.07, 6.45) is -5.24. The van der Waals surface area contributed by atoms with Crippen molar-refractivity contribution in [1.82, 2.24) is 0 Å². The molecule has 1 nitrogen and oxygen atoms in total. The smallest absolute Gasteiger partial charge is 0.392 e. The minimum absolute atomic E-state index is 0.144. The van der Waals surface area contributed by atoms with Crippen molar-refractivity contribution in [3.05, 3.63) is 42.0 Å². The predicted octanol–water partition coefficient (Wildman–Crippen LogP) is 4.76. The van der Waals surface area contributed by atoms with E-state index < -0.39 is 19.2 Å². The van der Waals surface area contributed by atoms with Crippen molar-refractivity contribution in [2.45, 2.75) is 12.6 Å². The molecule has 110 valence electrons. The Balaban J connectivity index is 2.34. The van der Waals surface area contributed by atoms with Crippen LogP contribution in [-0.4, -0.2) is 18.7 Å². The van der Waals surface area contributed by atoms with Gasteiger partial charge in [0.05, 0.1) is 24.5 Å². The van der Waals surface area contributed by atoms with Gasteiger partial charge in [-0.3, -0.25) is 0 Å². The van der Waals surface area contributed by atoms with Crippen LogP contribution in [0.4, 0.5) is 13.2 Å². The second-order valence-corrected chi connectivity index (χ2v) is 4.58. The van der Waals surface area contributed by atoms with Gasteiger partial charge in [-0.05, 0) is 11.5 Å². The first-order valence-electron chi connectivity index (χ1n) is 6.27. The van der Waals surface area contributed by atoms with E-state index in [0.717, 1.165) is 10.8 Å². The van der Waals surface area contributed by atoms with Crippen LogP contribution in [0, 0.1) is 11.8 Å². The van der Waals surface area contributed by atoms with Crippen LogP contribution in [0.1, 0.15) is 12.0 Å². The summed E-state index contributed by atoms with van der Waals surface area (Å²) in [5, 5.41) is 1.78. The van der Waals surface area contributed by atoms with E-state index in [9.17, 15) is 13.2 Å². The van der Waals surface area contributed by atoms with E-state index in [1.54, 1.807) is 12.1 Å². The molecule has 0 aliphatic carbocycles. The number of hydrogen-bond donors (Lipinski definition) is 0. The molecule has 0 N–H and O–H groups in total. The lowest BCUT2D eigenvalue weighted by Gasteiger charge is -2.12. The zero-order valence-electron chi connectivity index (χ0n) is 11.0. The number of fused-ring (bicyclic) bond motifs is 1. The Morgan fingerprint density at radius 3 is 2.57 bits per heavy atom. The maximum Gasteiger partial charge on any atom is 0.392 e. The van der Waals surface area contributed by atoms with Crippen LogP contribution in [0.3, 0.4) is 0 Å². The van der Waals surface area contributed by atoms with Crippen molar-refractivity contribution < 1.29 is 17.9 Å². The van der Waals surface area contributed by atoms with Gasteiger partial charge in [0.15, 0.2) is 0 Å². The highest BCUT2D eigenvalue weighted by molar-refractivity contribution is 6.19. The SMILES string of the molecule is FC(F)(F)CCOc1ccc2ccccc2c1C#CCCl. The number of halogens is 4. The van der Waals surface area contributed by atoms with Crippen molar-refractivity contribution in [2.24, 2.45) is 0 Å². The minimum Gasteiger partial charge on any atom is -0.492 e. The van der Waals surface area contributed by atoms with Gasteiger partial charge in [-0.15, -0.1) is 11.6 Å². The average Bonchev–Trinajstić information content (AvgIpc) is 2.44. The molecule has 0 aliphatic heterocycles. The molecule has 0 fully saturated rings. The molecule has 0 saturated heterocycles. The average molecular weight is 313 g/mol. The lowest BCUT2D eigenvalue weighted by atomic mass is 10.0. The molecule has 5 heteroatoms. The second-order valence-electron chi connectivity index (χ2n) is 4.31. The molecule has 0 saturated carbocycles. The van der Waals surface area contributed by atoms with Gasteiger partial charge in [-0.25, -0.2) is 0 Å². The highest BCUT2D eigenvalue weighted by Gasteiger charge is 2.27. The van der Waals surface area contributed by atoms with Crippen LogP contribution in [-0.2, 0) is 0 Å². The number of alkyl halides is 4. The lowest BCUT2D eigenvalue weighted by Crippen LogP contribution is -2.13. The largest absolute Gasteiger partial charge is 0.492 e. The first kappa shape index (κ1) is 15.5. The molecule has 0 spiro atoms. The van der Waals surface area contributed by atoms with Gasteiger partial charge in [0, 0.05) is 5.39 Å². The molecule has 2 rings (SSSR count). The summed E-state index contributed by atoms with van der Waals surface area (Å²) in [4.78, 5) is 0. The standard InChI is InChI=1S/C16H12ClF3O/c17-10-3-6-14-13-5-2-1-4-12(13)7-8-15(14)21-11-9-16(18,19)20/h1-2,4-5,7-8H,9-11H2. The summed E-state index contributed by atoms with van der Waals surface area (Å²) in [7, 11) is 0. The Hall–Kier alpha value is -1.86. The summed E-state index contributed by atoms with van der Waals surface area (Å²) in [6, 6.07) is 10.9. The summed E-state index contributed by atoms with van der Waals surface area (Å²) in [5.41, 5.74) is 0.566. The van der Waals surface area contributed by atoms with Crippen molar-refractivity contribution in [3.8, 4) is 17.6 Å². The fraction of sp³-hybridized carbons (Fsp3) is 0.250. The van der Waals surface area contributed by atoms with Gasteiger partial charge in [-0.1, -0.05) is 42.2 Å². The topological polar surface area (TPSA) is 9.23 Å². The molecule has 0 unspecified atom stereocenters. The van der Waals surface area contributed by atoms with Crippen LogP contribution in [0.2, 0.25) is 0 Å². The van der Waals surface area contributed by atoms with Crippen molar-refractivity contribution in [2.75, 3.05) is 12.5 Å². The molecule has 0 amide bonds. The summed E-state index contributed by atoms with van der Waals surface area (Å²) in [5.74, 6) is 6.07. The van der Waals surface area contributed by atoms with Gasteiger partial charge < -0.3 is 4.74 Å². The van der Waals surface area contributed by atoms with Crippen LogP contribution in [0.15, 0.2) is 36.4 Å². The van der Waals surface area contributed by atoms with Gasteiger partial charge in [0.2, 0.25) is 0 Å². The molecule has 0 atom stereocenters. The Labute approximate surface area is 125 Å². The Kier molecular flexibility index (Phi) is 4.98. The van der Waals surface area contributed by atoms with Gasteiger partial charge in [-0.2, -0.15) is 13.2 Å². The summed E-state index contributed by atoms with van der Waals surface area (Å²) < 4.78 is 41.8. The molecule has 0 bridgehead atoms. The maximum absolute atomic E-state index is 12.2. The molecule has 0 aromatic heterocycles. The van der Waals surface area contributed by atoms with E-state index in [-0.39, 0.29) is 5.88 Å². The third-order valence-corrected chi connectivity index (χ3v) is 2.95. The Morgan fingerprint density at radius 2 is 1.86 bits per heavy atom. The zero-order chi connectivity index (χ0) is 15.3. The van der Waals surface area contributed by atoms with Crippen molar-refractivity contribution >= 4 is 22.4 Å². The molecule has 0 heterocycles. The highest BCUT2D eigenvalue weighted by Crippen LogP contribution is 2.28. The highest BCUT2D eigenvalue weighted by atomic mass is 35.5. The van der Waals surface area contributed by atoms with E-state index in [1.807, 2.05) is 24.3 Å². The van der Waals surface area contributed by atoms with E-state index in [1.165, 1.54) is 0 Å². The van der Waals surface area contributed by atoms with Crippen LogP contribution >= 0.6 is 11.6 Å².